The third kappa shape index (κ3) is 3.18. The highest BCUT2D eigenvalue weighted by Crippen LogP contribution is 2.31. The lowest BCUT2D eigenvalue weighted by Gasteiger charge is -2.23. The van der Waals surface area contributed by atoms with Crippen LogP contribution < -0.4 is 10.2 Å². The number of carbonyl (C=O) groups is 2. The average Bonchev–Trinajstić information content (AvgIpc) is 3.06. The molecule has 2 amide bonds. The average molecular weight is 318 g/mol. The van der Waals surface area contributed by atoms with Gasteiger partial charge in [0.25, 0.3) is 5.91 Å². The number of rotatable bonds is 3. The number of nitrogens with zero attached hydrogens (tertiary/aromatic N) is 3. The smallest absolute Gasteiger partial charge is 0.272 e. The van der Waals surface area contributed by atoms with E-state index >= 15 is 0 Å². The van der Waals surface area contributed by atoms with Gasteiger partial charge in [-0.25, -0.2) is 9.40 Å². The lowest BCUT2D eigenvalue weighted by atomic mass is 10.1. The number of carbonyl (C=O) groups excluding carboxylic acids is 2. The molecule has 2 aliphatic heterocycles. The number of anilines is 2. The molecule has 2 aliphatic rings. The van der Waals surface area contributed by atoms with Crippen LogP contribution in [0.5, 0.6) is 0 Å². The van der Waals surface area contributed by atoms with Crippen LogP contribution >= 0.6 is 0 Å². The summed E-state index contributed by atoms with van der Waals surface area (Å²) in [6, 6.07) is 4.78. The maximum atomic E-state index is 14.2. The Labute approximate surface area is 133 Å². The topological polar surface area (TPSA) is 65.0 Å². The Morgan fingerprint density at radius 2 is 2.00 bits per heavy atom. The van der Waals surface area contributed by atoms with Crippen molar-refractivity contribution in [2.75, 3.05) is 30.4 Å². The van der Waals surface area contributed by atoms with Gasteiger partial charge in [-0.1, -0.05) is 6.07 Å². The maximum Gasteiger partial charge on any atom is 0.272 e. The molecule has 1 aromatic carbocycles. The molecule has 0 unspecified atom stereocenters. The molecule has 23 heavy (non-hydrogen) atoms. The van der Waals surface area contributed by atoms with Crippen molar-refractivity contribution in [1.29, 1.82) is 0 Å². The van der Waals surface area contributed by atoms with Gasteiger partial charge in [-0.05, 0) is 25.0 Å². The van der Waals surface area contributed by atoms with Gasteiger partial charge in [0.2, 0.25) is 5.91 Å². The molecule has 0 saturated carbocycles. The van der Waals surface area contributed by atoms with Crippen molar-refractivity contribution in [3.05, 3.63) is 24.0 Å². The minimum absolute atomic E-state index is 0.134. The minimum Gasteiger partial charge on any atom is -0.370 e. The van der Waals surface area contributed by atoms with E-state index in [1.807, 2.05) is 6.07 Å². The van der Waals surface area contributed by atoms with Gasteiger partial charge in [-0.15, -0.1) is 0 Å². The number of hydrogen-bond acceptors (Lipinski definition) is 4. The monoisotopic (exact) mass is 318 g/mol. The summed E-state index contributed by atoms with van der Waals surface area (Å²) in [6.45, 7) is 1.70. The first kappa shape index (κ1) is 15.5. The van der Waals surface area contributed by atoms with Crippen LogP contribution in [0, 0.1) is 5.82 Å². The summed E-state index contributed by atoms with van der Waals surface area (Å²) in [4.78, 5) is 25.9. The molecule has 1 saturated heterocycles. The Hall–Kier alpha value is -2.44. The Morgan fingerprint density at radius 1 is 1.26 bits per heavy atom. The van der Waals surface area contributed by atoms with Gasteiger partial charge in [0.1, 0.15) is 17.2 Å². The van der Waals surface area contributed by atoms with Crippen LogP contribution in [0.3, 0.4) is 0 Å². The number of nitrogens with one attached hydrogen (secondary N) is 1. The number of amides is 2. The van der Waals surface area contributed by atoms with E-state index in [2.05, 4.69) is 15.3 Å². The van der Waals surface area contributed by atoms with Crippen LogP contribution in [-0.2, 0) is 9.59 Å². The Kier molecular flexibility index (Phi) is 4.27. The standard InChI is InChI=1S/C16H19FN4O2/c1-20-14(22)8-7-12(19-20)16(23)18-15-11(17)5-4-6-13(15)21-9-2-3-10-21/h4-6H,2-3,7-10H2,1H3,(H,18,23). The number of halogens is 1. The number of para-hydroxylation sites is 1. The number of hydrogen-bond donors (Lipinski definition) is 1. The molecule has 0 atom stereocenters. The van der Waals surface area contributed by atoms with Gasteiger partial charge < -0.3 is 10.2 Å². The zero-order valence-corrected chi connectivity index (χ0v) is 13.0. The zero-order valence-electron chi connectivity index (χ0n) is 13.0. The lowest BCUT2D eigenvalue weighted by Crippen LogP contribution is -2.34. The second kappa shape index (κ2) is 6.36. The van der Waals surface area contributed by atoms with E-state index in [1.165, 1.54) is 13.1 Å². The summed E-state index contributed by atoms with van der Waals surface area (Å²) in [6.07, 6.45) is 2.62. The first-order valence-electron chi connectivity index (χ1n) is 7.75. The summed E-state index contributed by atoms with van der Waals surface area (Å²) in [7, 11) is 1.51. The molecule has 0 spiro atoms. The van der Waals surface area contributed by atoms with Gasteiger partial charge in [-0.2, -0.15) is 5.10 Å². The van der Waals surface area contributed by atoms with E-state index in [1.54, 1.807) is 6.07 Å². The first-order chi connectivity index (χ1) is 11.1. The third-order valence-corrected chi connectivity index (χ3v) is 4.15. The molecule has 2 heterocycles. The van der Waals surface area contributed by atoms with Crippen molar-refractivity contribution < 1.29 is 14.0 Å². The molecule has 6 nitrogen and oxygen atoms in total. The molecule has 0 radical (unpaired) electrons. The SMILES string of the molecule is CN1N=C(C(=O)Nc2c(F)cccc2N2CCCC2)CCC1=O. The molecule has 122 valence electrons. The summed E-state index contributed by atoms with van der Waals surface area (Å²) < 4.78 is 14.2. The Bertz CT molecular complexity index is 668. The zero-order chi connectivity index (χ0) is 16.4. The molecule has 1 N–H and O–H groups in total. The highest BCUT2D eigenvalue weighted by Gasteiger charge is 2.25. The third-order valence-electron chi connectivity index (χ3n) is 4.15. The Morgan fingerprint density at radius 3 is 2.70 bits per heavy atom. The van der Waals surface area contributed by atoms with Crippen molar-refractivity contribution >= 4 is 28.9 Å². The molecule has 0 aromatic heterocycles. The minimum atomic E-state index is -0.469. The van der Waals surface area contributed by atoms with Crippen molar-refractivity contribution in [2.45, 2.75) is 25.7 Å². The largest absolute Gasteiger partial charge is 0.370 e. The van der Waals surface area contributed by atoms with Gasteiger partial charge in [0, 0.05) is 33.0 Å². The predicted molar refractivity (Wildman–Crippen MR) is 85.9 cm³/mol. The Balaban J connectivity index is 1.83. The van der Waals surface area contributed by atoms with Crippen molar-refractivity contribution in [2.24, 2.45) is 5.10 Å². The molecular formula is C16H19FN4O2. The quantitative estimate of drug-likeness (QED) is 0.927. The normalized spacial score (nSPS) is 18.2. The molecule has 7 heteroatoms. The van der Waals surface area contributed by atoms with Gasteiger partial charge in [-0.3, -0.25) is 9.59 Å². The highest BCUT2D eigenvalue weighted by molar-refractivity contribution is 6.43. The summed E-state index contributed by atoms with van der Waals surface area (Å²) in [5.41, 5.74) is 1.11. The van der Waals surface area contributed by atoms with Crippen LogP contribution in [0.25, 0.3) is 0 Å². The summed E-state index contributed by atoms with van der Waals surface area (Å²) in [5.74, 6) is -1.07. The van der Waals surface area contributed by atoms with Crippen LogP contribution in [-0.4, -0.2) is 42.7 Å². The van der Waals surface area contributed by atoms with E-state index in [4.69, 9.17) is 0 Å². The van der Waals surface area contributed by atoms with Crippen LogP contribution in [0.1, 0.15) is 25.7 Å². The fourth-order valence-electron chi connectivity index (χ4n) is 2.88. The van der Waals surface area contributed by atoms with Crippen LogP contribution in [0.2, 0.25) is 0 Å². The van der Waals surface area contributed by atoms with E-state index in [0.29, 0.717) is 5.69 Å². The van der Waals surface area contributed by atoms with Gasteiger partial charge in [0.15, 0.2) is 0 Å². The van der Waals surface area contributed by atoms with E-state index in [9.17, 15) is 14.0 Å². The molecular weight excluding hydrogens is 299 g/mol. The molecule has 1 fully saturated rings. The lowest BCUT2D eigenvalue weighted by molar-refractivity contribution is -0.130. The summed E-state index contributed by atoms with van der Waals surface area (Å²) in [5, 5.41) is 7.76. The van der Waals surface area contributed by atoms with Crippen molar-refractivity contribution in [3.63, 3.8) is 0 Å². The van der Waals surface area contributed by atoms with E-state index in [-0.39, 0.29) is 30.1 Å². The van der Waals surface area contributed by atoms with Gasteiger partial charge >= 0.3 is 0 Å². The number of hydrazone groups is 1. The predicted octanol–water partition coefficient (Wildman–Crippen LogP) is 1.97. The van der Waals surface area contributed by atoms with E-state index in [0.717, 1.165) is 30.9 Å². The fourth-order valence-corrected chi connectivity index (χ4v) is 2.88. The maximum absolute atomic E-state index is 14.2. The first-order valence-corrected chi connectivity index (χ1v) is 7.75. The van der Waals surface area contributed by atoms with Crippen LogP contribution in [0.4, 0.5) is 15.8 Å². The van der Waals surface area contributed by atoms with Crippen molar-refractivity contribution in [3.8, 4) is 0 Å². The van der Waals surface area contributed by atoms with Gasteiger partial charge in [0.05, 0.1) is 5.69 Å². The molecule has 0 bridgehead atoms. The molecule has 0 aliphatic carbocycles. The highest BCUT2D eigenvalue weighted by atomic mass is 19.1. The van der Waals surface area contributed by atoms with Crippen molar-refractivity contribution in [1.82, 2.24) is 5.01 Å². The van der Waals surface area contributed by atoms with Crippen LogP contribution in [0.15, 0.2) is 23.3 Å². The fraction of sp³-hybridized carbons (Fsp3) is 0.438. The number of benzene rings is 1. The molecule has 1 aromatic rings. The van der Waals surface area contributed by atoms with E-state index < -0.39 is 11.7 Å². The second-order valence-corrected chi connectivity index (χ2v) is 5.75. The second-order valence-electron chi connectivity index (χ2n) is 5.75. The molecule has 3 rings (SSSR count). The summed E-state index contributed by atoms with van der Waals surface area (Å²) >= 11 is 0.